The predicted molar refractivity (Wildman–Crippen MR) is 92.8 cm³/mol. The molecule has 24 heavy (non-hydrogen) atoms. The maximum atomic E-state index is 12.3. The van der Waals surface area contributed by atoms with E-state index in [0.29, 0.717) is 11.4 Å². The lowest BCUT2D eigenvalue weighted by Gasteiger charge is -2.22. The van der Waals surface area contributed by atoms with Crippen molar-refractivity contribution in [3.63, 3.8) is 0 Å². The number of carbonyl (C=O) groups is 1. The molecule has 1 aromatic carbocycles. The van der Waals surface area contributed by atoms with Crippen LogP contribution in [-0.2, 0) is 5.60 Å². The monoisotopic (exact) mass is 342 g/mol. The number of aromatic amines is 1. The Bertz CT molecular complexity index is 823. The molecule has 0 aliphatic rings. The Kier molecular flexibility index (Phi) is 4.46. The van der Waals surface area contributed by atoms with Crippen molar-refractivity contribution < 1.29 is 9.90 Å². The van der Waals surface area contributed by atoms with Gasteiger partial charge < -0.3 is 10.4 Å². The van der Waals surface area contributed by atoms with E-state index in [1.165, 1.54) is 11.3 Å². The third-order valence-corrected chi connectivity index (χ3v) is 4.77. The molecule has 3 rings (SSSR count). The number of hydrogen-bond acceptors (Lipinski definition) is 5. The van der Waals surface area contributed by atoms with Crippen molar-refractivity contribution in [2.45, 2.75) is 19.4 Å². The van der Waals surface area contributed by atoms with Crippen LogP contribution in [-0.4, -0.2) is 32.7 Å². The first-order valence-electron chi connectivity index (χ1n) is 7.50. The van der Waals surface area contributed by atoms with E-state index in [1.54, 1.807) is 31.2 Å². The average Bonchev–Trinajstić information content (AvgIpc) is 3.25. The zero-order chi connectivity index (χ0) is 17.2. The van der Waals surface area contributed by atoms with Crippen LogP contribution in [0.15, 0.2) is 41.8 Å². The highest BCUT2D eigenvalue weighted by Gasteiger charge is 2.25. The number of hydrogen-bond donors (Lipinski definition) is 3. The molecule has 0 saturated carbocycles. The Labute approximate surface area is 143 Å². The fraction of sp³-hybridized carbons (Fsp3) is 0.235. The molecule has 0 aliphatic carbocycles. The van der Waals surface area contributed by atoms with Gasteiger partial charge in [0.1, 0.15) is 11.4 Å². The fourth-order valence-electron chi connectivity index (χ4n) is 2.27. The zero-order valence-corrected chi connectivity index (χ0v) is 14.2. The van der Waals surface area contributed by atoms with Crippen molar-refractivity contribution in [1.82, 2.24) is 20.5 Å². The lowest BCUT2D eigenvalue weighted by molar-refractivity contribution is 0.0557. The normalized spacial score (nSPS) is 13.5. The molecule has 0 saturated heterocycles. The molecule has 0 bridgehead atoms. The van der Waals surface area contributed by atoms with E-state index < -0.39 is 5.60 Å². The third kappa shape index (κ3) is 3.52. The smallest absolute Gasteiger partial charge is 0.251 e. The Morgan fingerprint density at radius 3 is 2.67 bits per heavy atom. The van der Waals surface area contributed by atoms with Gasteiger partial charge in [-0.1, -0.05) is 18.2 Å². The Morgan fingerprint density at radius 1 is 1.33 bits per heavy atom. The van der Waals surface area contributed by atoms with Gasteiger partial charge >= 0.3 is 0 Å². The Hall–Kier alpha value is -2.51. The molecule has 1 amide bonds. The fourth-order valence-corrected chi connectivity index (χ4v) is 3.06. The van der Waals surface area contributed by atoms with E-state index in [1.807, 2.05) is 24.4 Å². The van der Waals surface area contributed by atoms with Crippen LogP contribution in [0.2, 0.25) is 0 Å². The molecule has 3 N–H and O–H groups in total. The zero-order valence-electron chi connectivity index (χ0n) is 13.4. The van der Waals surface area contributed by atoms with E-state index >= 15 is 0 Å². The molecule has 0 fully saturated rings. The molecule has 6 nitrogen and oxygen atoms in total. The van der Waals surface area contributed by atoms with E-state index in [-0.39, 0.29) is 12.5 Å². The van der Waals surface area contributed by atoms with Crippen molar-refractivity contribution in [1.29, 1.82) is 0 Å². The second-order valence-corrected chi connectivity index (χ2v) is 6.70. The number of aryl methyl sites for hydroxylation is 1. The number of thiophene rings is 1. The van der Waals surface area contributed by atoms with Crippen molar-refractivity contribution in [3.05, 3.63) is 58.0 Å². The van der Waals surface area contributed by atoms with Crippen LogP contribution in [0, 0.1) is 6.92 Å². The number of aliphatic hydroxyl groups is 1. The van der Waals surface area contributed by atoms with E-state index in [9.17, 15) is 9.90 Å². The van der Waals surface area contributed by atoms with Crippen LogP contribution in [0.4, 0.5) is 0 Å². The van der Waals surface area contributed by atoms with E-state index in [2.05, 4.69) is 20.5 Å². The van der Waals surface area contributed by atoms with Crippen LogP contribution in [0.3, 0.4) is 0 Å². The molecule has 2 heterocycles. The minimum absolute atomic E-state index is 0.147. The van der Waals surface area contributed by atoms with Gasteiger partial charge in [-0.05, 0) is 37.4 Å². The summed E-state index contributed by atoms with van der Waals surface area (Å²) in [6, 6.07) is 10.8. The van der Waals surface area contributed by atoms with Crippen LogP contribution in [0.25, 0.3) is 11.4 Å². The molecule has 2 aromatic heterocycles. The first kappa shape index (κ1) is 16.4. The van der Waals surface area contributed by atoms with Gasteiger partial charge in [0, 0.05) is 16.0 Å². The number of benzene rings is 1. The highest BCUT2D eigenvalue weighted by Crippen LogP contribution is 2.24. The molecule has 0 spiro atoms. The summed E-state index contributed by atoms with van der Waals surface area (Å²) in [5, 5.41) is 22.0. The number of rotatable bonds is 5. The molecule has 3 aromatic rings. The van der Waals surface area contributed by atoms with Crippen molar-refractivity contribution >= 4 is 17.2 Å². The molecular formula is C17H18N4O2S. The first-order valence-corrected chi connectivity index (χ1v) is 8.38. The number of carbonyl (C=O) groups excluding carboxylic acids is 1. The van der Waals surface area contributed by atoms with Crippen LogP contribution >= 0.6 is 11.3 Å². The SMILES string of the molecule is Cc1nc(-c2ccc(C(=O)NCC(C)(O)c3cccs3)cc2)n[nH]1. The second-order valence-electron chi connectivity index (χ2n) is 5.76. The molecular weight excluding hydrogens is 324 g/mol. The maximum absolute atomic E-state index is 12.3. The van der Waals surface area contributed by atoms with Gasteiger partial charge in [0.25, 0.3) is 5.91 Å². The highest BCUT2D eigenvalue weighted by atomic mass is 32.1. The third-order valence-electron chi connectivity index (χ3n) is 3.65. The van der Waals surface area contributed by atoms with Gasteiger partial charge in [0.2, 0.25) is 0 Å². The minimum Gasteiger partial charge on any atom is -0.383 e. The van der Waals surface area contributed by atoms with Crippen LogP contribution in [0.1, 0.15) is 28.0 Å². The largest absolute Gasteiger partial charge is 0.383 e. The summed E-state index contributed by atoms with van der Waals surface area (Å²) in [5.74, 6) is 1.10. The van der Waals surface area contributed by atoms with E-state index in [0.717, 1.165) is 16.3 Å². The molecule has 7 heteroatoms. The molecule has 0 radical (unpaired) electrons. The van der Waals surface area contributed by atoms with Crippen molar-refractivity contribution in [3.8, 4) is 11.4 Å². The Morgan fingerprint density at radius 2 is 2.08 bits per heavy atom. The van der Waals surface area contributed by atoms with Crippen molar-refractivity contribution in [2.75, 3.05) is 6.54 Å². The lowest BCUT2D eigenvalue weighted by atomic mass is 10.0. The van der Waals surface area contributed by atoms with Gasteiger partial charge in [-0.25, -0.2) is 4.98 Å². The van der Waals surface area contributed by atoms with Gasteiger partial charge in [-0.15, -0.1) is 11.3 Å². The first-order chi connectivity index (χ1) is 11.5. The summed E-state index contributed by atoms with van der Waals surface area (Å²) >= 11 is 1.46. The van der Waals surface area contributed by atoms with Gasteiger partial charge in [-0.2, -0.15) is 5.10 Å². The molecule has 1 unspecified atom stereocenters. The number of nitrogens with one attached hydrogen (secondary N) is 2. The Balaban J connectivity index is 1.65. The van der Waals surface area contributed by atoms with E-state index in [4.69, 9.17) is 0 Å². The number of amides is 1. The summed E-state index contributed by atoms with van der Waals surface area (Å²) in [7, 11) is 0. The summed E-state index contributed by atoms with van der Waals surface area (Å²) in [5.41, 5.74) is 0.273. The maximum Gasteiger partial charge on any atom is 0.251 e. The number of nitrogens with zero attached hydrogens (tertiary/aromatic N) is 2. The van der Waals surface area contributed by atoms with Gasteiger partial charge in [-0.3, -0.25) is 9.89 Å². The lowest BCUT2D eigenvalue weighted by Crippen LogP contribution is -2.38. The quantitative estimate of drug-likeness (QED) is 0.664. The van der Waals surface area contributed by atoms with Gasteiger partial charge in [0.05, 0.1) is 6.54 Å². The number of H-pyrrole nitrogens is 1. The highest BCUT2D eigenvalue weighted by molar-refractivity contribution is 7.10. The summed E-state index contributed by atoms with van der Waals surface area (Å²) in [6.07, 6.45) is 0. The predicted octanol–water partition coefficient (Wildman–Crippen LogP) is 2.48. The summed E-state index contributed by atoms with van der Waals surface area (Å²) in [6.45, 7) is 3.67. The standard InChI is InChI=1S/C17H18N4O2S/c1-11-19-15(21-20-11)12-5-7-13(8-6-12)16(22)18-10-17(2,23)14-4-3-9-24-14/h3-9,23H,10H2,1-2H3,(H,18,22)(H,19,20,21). The second kappa shape index (κ2) is 6.54. The summed E-state index contributed by atoms with van der Waals surface area (Å²) in [4.78, 5) is 17.3. The van der Waals surface area contributed by atoms with Crippen LogP contribution in [0.5, 0.6) is 0 Å². The molecule has 1 atom stereocenters. The van der Waals surface area contributed by atoms with Gasteiger partial charge in [0.15, 0.2) is 5.82 Å². The minimum atomic E-state index is -1.08. The average molecular weight is 342 g/mol. The number of aromatic nitrogens is 3. The van der Waals surface area contributed by atoms with Crippen molar-refractivity contribution in [2.24, 2.45) is 0 Å². The molecule has 124 valence electrons. The van der Waals surface area contributed by atoms with Crippen LogP contribution < -0.4 is 5.32 Å². The molecule has 0 aliphatic heterocycles. The summed E-state index contributed by atoms with van der Waals surface area (Å²) < 4.78 is 0. The topological polar surface area (TPSA) is 90.9 Å².